The van der Waals surface area contributed by atoms with Crippen molar-refractivity contribution in [1.29, 1.82) is 0 Å². The van der Waals surface area contributed by atoms with E-state index in [-0.39, 0.29) is 0 Å². The highest BCUT2D eigenvalue weighted by atomic mass is 14.9. The van der Waals surface area contributed by atoms with Crippen molar-refractivity contribution in [2.45, 2.75) is 65.3 Å². The second kappa shape index (κ2) is 8.58. The zero-order valence-electron chi connectivity index (χ0n) is 14.1. The van der Waals surface area contributed by atoms with E-state index in [9.17, 15) is 0 Å². The van der Waals surface area contributed by atoms with E-state index in [1.165, 1.54) is 44.1 Å². The highest BCUT2D eigenvalue weighted by Gasteiger charge is 2.28. The Hall–Kier alpha value is -0.820. The highest BCUT2D eigenvalue weighted by Crippen LogP contribution is 2.35. The summed E-state index contributed by atoms with van der Waals surface area (Å²) >= 11 is 0. The molecule has 0 aliphatic heterocycles. The zero-order valence-corrected chi connectivity index (χ0v) is 14.1. The molecule has 118 valence electrons. The molecule has 2 rings (SSSR count). The SMILES string of the molecule is CCNC(CCc1ccccc1)C1CCC(C(C)C)CC1. The number of hydrogen-bond donors (Lipinski definition) is 1. The normalized spacial score (nSPS) is 24.2. The molecule has 0 radical (unpaired) electrons. The van der Waals surface area contributed by atoms with Gasteiger partial charge in [0.2, 0.25) is 0 Å². The Morgan fingerprint density at radius 1 is 1.00 bits per heavy atom. The summed E-state index contributed by atoms with van der Waals surface area (Å²) in [5.74, 6) is 2.73. The molecule has 1 N–H and O–H groups in total. The molecule has 1 nitrogen and oxygen atoms in total. The molecule has 1 aromatic rings. The average molecular weight is 287 g/mol. The molecular formula is C20H33N. The summed E-state index contributed by atoms with van der Waals surface area (Å²) in [7, 11) is 0. The predicted octanol–water partition coefficient (Wildman–Crippen LogP) is 5.06. The Balaban J connectivity index is 1.84. The summed E-state index contributed by atoms with van der Waals surface area (Å²) in [4.78, 5) is 0. The van der Waals surface area contributed by atoms with E-state index in [1.54, 1.807) is 0 Å². The average Bonchev–Trinajstić information content (AvgIpc) is 2.52. The Labute approximate surface area is 131 Å². The molecule has 1 fully saturated rings. The third kappa shape index (κ3) is 5.14. The standard InChI is InChI=1S/C20H33N/c1-4-21-20(15-10-17-8-6-5-7-9-17)19-13-11-18(12-14-19)16(2)3/h5-9,16,18-21H,4,10-15H2,1-3H3. The minimum absolute atomic E-state index is 0.711. The Morgan fingerprint density at radius 3 is 2.19 bits per heavy atom. The lowest BCUT2D eigenvalue weighted by Gasteiger charge is -2.36. The fourth-order valence-electron chi connectivity index (χ4n) is 3.95. The predicted molar refractivity (Wildman–Crippen MR) is 92.5 cm³/mol. The Morgan fingerprint density at radius 2 is 1.62 bits per heavy atom. The maximum atomic E-state index is 3.77. The van der Waals surface area contributed by atoms with Gasteiger partial charge in [-0.25, -0.2) is 0 Å². The molecule has 0 amide bonds. The van der Waals surface area contributed by atoms with Gasteiger partial charge in [-0.05, 0) is 68.4 Å². The van der Waals surface area contributed by atoms with Gasteiger partial charge in [-0.3, -0.25) is 0 Å². The topological polar surface area (TPSA) is 12.0 Å². The van der Waals surface area contributed by atoms with E-state index < -0.39 is 0 Å². The fourth-order valence-corrected chi connectivity index (χ4v) is 3.95. The summed E-state index contributed by atoms with van der Waals surface area (Å²) in [6.07, 6.45) is 8.23. The lowest BCUT2D eigenvalue weighted by Crippen LogP contribution is -2.38. The van der Waals surface area contributed by atoms with Crippen molar-refractivity contribution in [3.63, 3.8) is 0 Å². The second-order valence-corrected chi connectivity index (χ2v) is 7.11. The van der Waals surface area contributed by atoms with Crippen LogP contribution in [0, 0.1) is 17.8 Å². The minimum Gasteiger partial charge on any atom is -0.314 e. The quantitative estimate of drug-likeness (QED) is 0.739. The van der Waals surface area contributed by atoms with Crippen molar-refractivity contribution >= 4 is 0 Å². The third-order valence-corrected chi connectivity index (χ3v) is 5.38. The molecule has 1 unspecified atom stereocenters. The van der Waals surface area contributed by atoms with Crippen molar-refractivity contribution in [1.82, 2.24) is 5.32 Å². The smallest absolute Gasteiger partial charge is 0.00983 e. The van der Waals surface area contributed by atoms with Gasteiger partial charge in [-0.15, -0.1) is 0 Å². The monoisotopic (exact) mass is 287 g/mol. The lowest BCUT2D eigenvalue weighted by molar-refractivity contribution is 0.185. The molecule has 1 atom stereocenters. The van der Waals surface area contributed by atoms with Gasteiger partial charge in [0.1, 0.15) is 0 Å². The van der Waals surface area contributed by atoms with Crippen molar-refractivity contribution in [2.24, 2.45) is 17.8 Å². The molecule has 1 aliphatic carbocycles. The van der Waals surface area contributed by atoms with Crippen LogP contribution in [0.25, 0.3) is 0 Å². The number of hydrogen-bond acceptors (Lipinski definition) is 1. The molecule has 0 aromatic heterocycles. The maximum Gasteiger partial charge on any atom is 0.00983 e. The van der Waals surface area contributed by atoms with E-state index in [2.05, 4.69) is 56.4 Å². The van der Waals surface area contributed by atoms with E-state index in [1.807, 2.05) is 0 Å². The van der Waals surface area contributed by atoms with Crippen LogP contribution in [-0.2, 0) is 6.42 Å². The van der Waals surface area contributed by atoms with E-state index >= 15 is 0 Å². The van der Waals surface area contributed by atoms with Crippen molar-refractivity contribution in [3.8, 4) is 0 Å². The summed E-state index contributed by atoms with van der Waals surface area (Å²) in [6.45, 7) is 8.13. The minimum atomic E-state index is 0.711. The van der Waals surface area contributed by atoms with E-state index in [0.717, 1.165) is 24.3 Å². The van der Waals surface area contributed by atoms with Crippen LogP contribution in [0.5, 0.6) is 0 Å². The molecule has 1 saturated carbocycles. The van der Waals surface area contributed by atoms with E-state index in [4.69, 9.17) is 0 Å². The van der Waals surface area contributed by atoms with E-state index in [0.29, 0.717) is 6.04 Å². The summed E-state index contributed by atoms with van der Waals surface area (Å²) < 4.78 is 0. The van der Waals surface area contributed by atoms with Crippen molar-refractivity contribution in [3.05, 3.63) is 35.9 Å². The second-order valence-electron chi connectivity index (χ2n) is 7.11. The van der Waals surface area contributed by atoms with Crippen LogP contribution in [0.4, 0.5) is 0 Å². The van der Waals surface area contributed by atoms with Crippen LogP contribution in [-0.4, -0.2) is 12.6 Å². The molecule has 21 heavy (non-hydrogen) atoms. The zero-order chi connectivity index (χ0) is 15.1. The lowest BCUT2D eigenvalue weighted by atomic mass is 9.73. The molecule has 1 aliphatic rings. The molecule has 0 spiro atoms. The molecular weight excluding hydrogens is 254 g/mol. The van der Waals surface area contributed by atoms with Crippen LogP contribution in [0.15, 0.2) is 30.3 Å². The van der Waals surface area contributed by atoms with Gasteiger partial charge < -0.3 is 5.32 Å². The first-order valence-corrected chi connectivity index (χ1v) is 8.98. The van der Waals surface area contributed by atoms with Crippen LogP contribution in [0.3, 0.4) is 0 Å². The third-order valence-electron chi connectivity index (χ3n) is 5.38. The van der Waals surface area contributed by atoms with Crippen LogP contribution >= 0.6 is 0 Å². The number of nitrogens with one attached hydrogen (secondary N) is 1. The summed E-state index contributed by atoms with van der Waals surface area (Å²) in [5.41, 5.74) is 1.48. The van der Waals surface area contributed by atoms with Gasteiger partial charge in [0.15, 0.2) is 0 Å². The maximum absolute atomic E-state index is 3.77. The molecule has 1 aromatic carbocycles. The van der Waals surface area contributed by atoms with Gasteiger partial charge in [0.05, 0.1) is 0 Å². The van der Waals surface area contributed by atoms with Gasteiger partial charge in [0, 0.05) is 6.04 Å². The molecule has 0 heterocycles. The largest absolute Gasteiger partial charge is 0.314 e. The highest BCUT2D eigenvalue weighted by molar-refractivity contribution is 5.14. The first kappa shape index (κ1) is 16.5. The first-order valence-electron chi connectivity index (χ1n) is 8.98. The number of rotatable bonds is 7. The van der Waals surface area contributed by atoms with Gasteiger partial charge in [0.25, 0.3) is 0 Å². The Kier molecular flexibility index (Phi) is 6.76. The van der Waals surface area contributed by atoms with Gasteiger partial charge >= 0.3 is 0 Å². The first-order chi connectivity index (χ1) is 10.2. The van der Waals surface area contributed by atoms with Crippen LogP contribution < -0.4 is 5.32 Å². The van der Waals surface area contributed by atoms with Crippen molar-refractivity contribution in [2.75, 3.05) is 6.54 Å². The van der Waals surface area contributed by atoms with Crippen LogP contribution in [0.1, 0.15) is 58.4 Å². The van der Waals surface area contributed by atoms with Gasteiger partial charge in [-0.2, -0.15) is 0 Å². The van der Waals surface area contributed by atoms with Gasteiger partial charge in [-0.1, -0.05) is 51.1 Å². The van der Waals surface area contributed by atoms with Crippen LogP contribution in [0.2, 0.25) is 0 Å². The summed E-state index contributed by atoms with van der Waals surface area (Å²) in [5, 5.41) is 3.77. The molecule has 1 heteroatoms. The number of benzene rings is 1. The number of aryl methyl sites for hydroxylation is 1. The molecule has 0 bridgehead atoms. The fraction of sp³-hybridized carbons (Fsp3) is 0.700. The molecule has 0 saturated heterocycles. The summed E-state index contributed by atoms with van der Waals surface area (Å²) in [6, 6.07) is 11.7. The van der Waals surface area contributed by atoms with Crippen molar-refractivity contribution < 1.29 is 0 Å². The Bertz CT molecular complexity index is 376.